The molecule has 166 valence electrons. The Morgan fingerprint density at radius 2 is 1.53 bits per heavy atom. The van der Waals surface area contributed by atoms with Crippen molar-refractivity contribution in [1.82, 2.24) is 9.80 Å². The Labute approximate surface area is 188 Å². The second-order valence-corrected chi connectivity index (χ2v) is 7.67. The summed E-state index contributed by atoms with van der Waals surface area (Å²) in [6, 6.07) is 23.3. The molecule has 6 heteroatoms. The zero-order valence-electron chi connectivity index (χ0n) is 18.5. The molecule has 1 fully saturated rings. The number of amides is 1. The zero-order chi connectivity index (χ0) is 22.3. The van der Waals surface area contributed by atoms with Crippen LogP contribution < -0.4 is 14.2 Å². The minimum absolute atomic E-state index is 0.0290. The smallest absolute Gasteiger partial charge is 0.257 e. The molecule has 0 aromatic heterocycles. The first-order valence-electron chi connectivity index (χ1n) is 10.7. The van der Waals surface area contributed by atoms with Gasteiger partial charge < -0.3 is 19.1 Å². The molecule has 0 radical (unpaired) electrons. The lowest BCUT2D eigenvalue weighted by atomic mass is 10.1. The van der Waals surface area contributed by atoms with Crippen molar-refractivity contribution in [2.75, 3.05) is 40.4 Å². The standard InChI is InChI=1S/C26H28N2O4/c1-30-24-13-7-12-23(25(24)31-2)26(29)28-16-14-27(15-17-28)19-20-8-6-11-22(18-20)32-21-9-4-3-5-10-21/h3-13,18H,14-17,19H2,1-2H3. The molecule has 1 amide bonds. The molecule has 3 aromatic rings. The normalized spacial score (nSPS) is 14.1. The molecule has 32 heavy (non-hydrogen) atoms. The summed E-state index contributed by atoms with van der Waals surface area (Å²) >= 11 is 0. The number of hydrogen-bond acceptors (Lipinski definition) is 5. The molecular weight excluding hydrogens is 404 g/mol. The third-order valence-corrected chi connectivity index (χ3v) is 5.58. The van der Waals surface area contributed by atoms with Crippen molar-refractivity contribution in [3.63, 3.8) is 0 Å². The number of benzene rings is 3. The lowest BCUT2D eigenvalue weighted by molar-refractivity contribution is 0.0624. The average Bonchev–Trinajstić information content (AvgIpc) is 2.84. The summed E-state index contributed by atoms with van der Waals surface area (Å²) in [5, 5.41) is 0. The summed E-state index contributed by atoms with van der Waals surface area (Å²) in [6.07, 6.45) is 0. The Morgan fingerprint density at radius 1 is 0.812 bits per heavy atom. The second-order valence-electron chi connectivity index (χ2n) is 7.67. The van der Waals surface area contributed by atoms with Crippen LogP contribution in [0.3, 0.4) is 0 Å². The maximum atomic E-state index is 13.1. The van der Waals surface area contributed by atoms with E-state index in [1.807, 2.05) is 53.4 Å². The van der Waals surface area contributed by atoms with Crippen LogP contribution in [0.1, 0.15) is 15.9 Å². The van der Waals surface area contributed by atoms with Crippen LogP contribution >= 0.6 is 0 Å². The molecule has 0 unspecified atom stereocenters. The van der Waals surface area contributed by atoms with Crippen LogP contribution in [0.5, 0.6) is 23.0 Å². The first-order valence-corrected chi connectivity index (χ1v) is 10.7. The molecule has 0 N–H and O–H groups in total. The Hall–Kier alpha value is -3.51. The molecule has 3 aromatic carbocycles. The van der Waals surface area contributed by atoms with E-state index in [4.69, 9.17) is 14.2 Å². The number of carbonyl (C=O) groups is 1. The summed E-state index contributed by atoms with van der Waals surface area (Å²) in [6.45, 7) is 3.76. The average molecular weight is 433 g/mol. The summed E-state index contributed by atoms with van der Waals surface area (Å²) in [5.41, 5.74) is 1.72. The van der Waals surface area contributed by atoms with Crippen LogP contribution in [0, 0.1) is 0 Å². The van der Waals surface area contributed by atoms with Crippen molar-refractivity contribution in [1.29, 1.82) is 0 Å². The van der Waals surface area contributed by atoms with E-state index in [0.29, 0.717) is 30.2 Å². The second kappa shape index (κ2) is 10.2. The van der Waals surface area contributed by atoms with Crippen LogP contribution in [-0.2, 0) is 6.54 Å². The fraction of sp³-hybridized carbons (Fsp3) is 0.269. The minimum atomic E-state index is -0.0290. The third kappa shape index (κ3) is 5.03. The number of methoxy groups -OCH3 is 2. The number of piperazine rings is 1. The van der Waals surface area contributed by atoms with Gasteiger partial charge in [-0.3, -0.25) is 9.69 Å². The molecule has 1 aliphatic rings. The zero-order valence-corrected chi connectivity index (χ0v) is 18.5. The number of carbonyl (C=O) groups excluding carboxylic acids is 1. The molecular formula is C26H28N2O4. The van der Waals surface area contributed by atoms with Gasteiger partial charge in [0.2, 0.25) is 0 Å². The van der Waals surface area contributed by atoms with Gasteiger partial charge in [0.05, 0.1) is 19.8 Å². The van der Waals surface area contributed by atoms with E-state index in [-0.39, 0.29) is 5.91 Å². The predicted octanol–water partition coefficient (Wildman–Crippen LogP) is 4.45. The highest BCUT2D eigenvalue weighted by atomic mass is 16.5. The summed E-state index contributed by atoms with van der Waals surface area (Å²) in [7, 11) is 3.13. The number of para-hydroxylation sites is 2. The van der Waals surface area contributed by atoms with E-state index >= 15 is 0 Å². The molecule has 0 saturated carbocycles. The van der Waals surface area contributed by atoms with Gasteiger partial charge in [0.25, 0.3) is 5.91 Å². The van der Waals surface area contributed by atoms with Crippen molar-refractivity contribution in [2.45, 2.75) is 6.54 Å². The van der Waals surface area contributed by atoms with Crippen molar-refractivity contribution in [3.05, 3.63) is 83.9 Å². The number of rotatable bonds is 7. The topological polar surface area (TPSA) is 51.2 Å². The number of nitrogens with zero attached hydrogens (tertiary/aromatic N) is 2. The van der Waals surface area contributed by atoms with Crippen molar-refractivity contribution in [3.8, 4) is 23.0 Å². The van der Waals surface area contributed by atoms with Crippen molar-refractivity contribution >= 4 is 5.91 Å². The lowest BCUT2D eigenvalue weighted by Gasteiger charge is -2.35. The summed E-state index contributed by atoms with van der Waals surface area (Å²) in [4.78, 5) is 17.3. The Kier molecular flexibility index (Phi) is 6.92. The van der Waals surface area contributed by atoms with Crippen molar-refractivity contribution in [2.24, 2.45) is 0 Å². The molecule has 1 heterocycles. The SMILES string of the molecule is COc1cccc(C(=O)N2CCN(Cc3cccc(Oc4ccccc4)c3)CC2)c1OC. The molecule has 6 nitrogen and oxygen atoms in total. The Morgan fingerprint density at radius 3 is 2.25 bits per heavy atom. The molecule has 1 aliphatic heterocycles. The van der Waals surface area contributed by atoms with Gasteiger partial charge >= 0.3 is 0 Å². The summed E-state index contributed by atoms with van der Waals surface area (Å²) in [5.74, 6) is 2.67. The largest absolute Gasteiger partial charge is 0.493 e. The minimum Gasteiger partial charge on any atom is -0.493 e. The van der Waals surface area contributed by atoms with Crippen molar-refractivity contribution < 1.29 is 19.0 Å². The molecule has 4 rings (SSSR count). The highest BCUT2D eigenvalue weighted by Gasteiger charge is 2.25. The maximum absolute atomic E-state index is 13.1. The molecule has 1 saturated heterocycles. The van der Waals surface area contributed by atoms with E-state index < -0.39 is 0 Å². The van der Waals surface area contributed by atoms with Gasteiger partial charge in [0.15, 0.2) is 11.5 Å². The van der Waals surface area contributed by atoms with E-state index in [0.717, 1.165) is 31.1 Å². The fourth-order valence-corrected chi connectivity index (χ4v) is 3.93. The van der Waals surface area contributed by atoms with Crippen LogP contribution in [0.15, 0.2) is 72.8 Å². The molecule has 0 spiro atoms. The lowest BCUT2D eigenvalue weighted by Crippen LogP contribution is -2.48. The molecule has 0 aliphatic carbocycles. The van der Waals surface area contributed by atoms with E-state index in [1.165, 1.54) is 5.56 Å². The quantitative estimate of drug-likeness (QED) is 0.552. The van der Waals surface area contributed by atoms with Gasteiger partial charge in [-0.15, -0.1) is 0 Å². The Bertz CT molecular complexity index is 1050. The number of ether oxygens (including phenoxy) is 3. The maximum Gasteiger partial charge on any atom is 0.257 e. The Balaban J connectivity index is 1.36. The van der Waals surface area contributed by atoms with Gasteiger partial charge in [-0.25, -0.2) is 0 Å². The van der Waals surface area contributed by atoms with Gasteiger partial charge in [-0.05, 0) is 42.0 Å². The van der Waals surface area contributed by atoms with Crippen LogP contribution in [-0.4, -0.2) is 56.1 Å². The van der Waals surface area contributed by atoms with E-state index in [9.17, 15) is 4.79 Å². The first kappa shape index (κ1) is 21.7. The third-order valence-electron chi connectivity index (χ3n) is 5.58. The predicted molar refractivity (Wildman–Crippen MR) is 124 cm³/mol. The molecule has 0 bridgehead atoms. The molecule has 0 atom stereocenters. The van der Waals surface area contributed by atoms with Crippen LogP contribution in [0.2, 0.25) is 0 Å². The van der Waals surface area contributed by atoms with E-state index in [1.54, 1.807) is 26.4 Å². The van der Waals surface area contributed by atoms with Crippen LogP contribution in [0.25, 0.3) is 0 Å². The van der Waals surface area contributed by atoms with Gasteiger partial charge in [0, 0.05) is 32.7 Å². The van der Waals surface area contributed by atoms with Gasteiger partial charge in [-0.2, -0.15) is 0 Å². The monoisotopic (exact) mass is 432 g/mol. The van der Waals surface area contributed by atoms with Gasteiger partial charge in [0.1, 0.15) is 11.5 Å². The number of hydrogen-bond donors (Lipinski definition) is 0. The van der Waals surface area contributed by atoms with Gasteiger partial charge in [-0.1, -0.05) is 36.4 Å². The summed E-state index contributed by atoms with van der Waals surface area (Å²) < 4.78 is 16.7. The fourth-order valence-electron chi connectivity index (χ4n) is 3.93. The first-order chi connectivity index (χ1) is 15.7. The van der Waals surface area contributed by atoms with E-state index in [2.05, 4.69) is 17.0 Å². The van der Waals surface area contributed by atoms with Crippen LogP contribution in [0.4, 0.5) is 0 Å². The highest BCUT2D eigenvalue weighted by molar-refractivity contribution is 5.97. The highest BCUT2D eigenvalue weighted by Crippen LogP contribution is 2.31.